The molecule has 21 heavy (non-hydrogen) atoms. The van der Waals surface area contributed by atoms with E-state index in [4.69, 9.17) is 0 Å². The van der Waals surface area contributed by atoms with Crippen molar-refractivity contribution in [3.8, 4) is 0 Å². The summed E-state index contributed by atoms with van der Waals surface area (Å²) in [5.41, 5.74) is 1.25. The number of aliphatic carboxylic acids is 1. The van der Waals surface area contributed by atoms with Gasteiger partial charge in [-0.05, 0) is 31.0 Å². The molecule has 2 rings (SSSR count). The second-order valence-electron chi connectivity index (χ2n) is 4.33. The minimum Gasteiger partial charge on any atom is -0.480 e. The number of rotatable bonds is 6. The normalized spacial score (nSPS) is 13.0. The van der Waals surface area contributed by atoms with Crippen LogP contribution >= 0.6 is 11.3 Å². The van der Waals surface area contributed by atoms with Crippen molar-refractivity contribution < 1.29 is 18.3 Å². The number of aryl methyl sites for hydroxylation is 1. The molecule has 2 N–H and O–H groups in total. The molecule has 7 nitrogen and oxygen atoms in total. The predicted molar refractivity (Wildman–Crippen MR) is 76.5 cm³/mol. The fourth-order valence-electron chi connectivity index (χ4n) is 1.63. The molecule has 112 valence electrons. The van der Waals surface area contributed by atoms with Crippen molar-refractivity contribution in [3.05, 3.63) is 41.2 Å². The summed E-state index contributed by atoms with van der Waals surface area (Å²) < 4.78 is 26.3. The van der Waals surface area contributed by atoms with Crippen LogP contribution in [0, 0.1) is 6.92 Å². The van der Waals surface area contributed by atoms with Gasteiger partial charge in [-0.3, -0.25) is 9.78 Å². The molecule has 2 aromatic rings. The lowest BCUT2D eigenvalue weighted by Gasteiger charge is -2.13. The van der Waals surface area contributed by atoms with Gasteiger partial charge < -0.3 is 5.11 Å². The number of nitrogens with zero attached hydrogens (tertiary/aromatic N) is 2. The van der Waals surface area contributed by atoms with E-state index in [-0.39, 0.29) is 10.8 Å². The summed E-state index contributed by atoms with van der Waals surface area (Å²) >= 11 is 0.952. The lowest BCUT2D eigenvalue weighted by atomic mass is 10.1. The molecule has 0 spiro atoms. The van der Waals surface area contributed by atoms with Gasteiger partial charge in [0.15, 0.2) is 0 Å². The van der Waals surface area contributed by atoms with E-state index in [0.717, 1.165) is 11.3 Å². The molecule has 1 atom stereocenters. The van der Waals surface area contributed by atoms with E-state index in [9.17, 15) is 18.3 Å². The summed E-state index contributed by atoms with van der Waals surface area (Å²) in [5, 5.41) is 10.8. The van der Waals surface area contributed by atoms with E-state index in [1.165, 1.54) is 12.4 Å². The van der Waals surface area contributed by atoms with Crippen molar-refractivity contribution in [2.24, 2.45) is 0 Å². The number of hydrogen-bond donors (Lipinski definition) is 2. The molecule has 0 bridgehead atoms. The number of nitrogens with one attached hydrogen (secondary N) is 1. The quantitative estimate of drug-likeness (QED) is 0.813. The van der Waals surface area contributed by atoms with Gasteiger partial charge in [0.05, 0.1) is 0 Å². The highest BCUT2D eigenvalue weighted by molar-refractivity contribution is 7.91. The van der Waals surface area contributed by atoms with Gasteiger partial charge in [0.2, 0.25) is 4.34 Å². The maximum absolute atomic E-state index is 12.1. The molecule has 0 aliphatic carbocycles. The van der Waals surface area contributed by atoms with E-state index < -0.39 is 22.0 Å². The van der Waals surface area contributed by atoms with Gasteiger partial charge in [-0.1, -0.05) is 0 Å². The Morgan fingerprint density at radius 2 is 2.10 bits per heavy atom. The van der Waals surface area contributed by atoms with Gasteiger partial charge in [-0.15, -0.1) is 11.3 Å². The van der Waals surface area contributed by atoms with Gasteiger partial charge >= 0.3 is 5.97 Å². The smallest absolute Gasteiger partial charge is 0.322 e. The first kappa shape index (κ1) is 15.5. The lowest BCUT2D eigenvalue weighted by molar-refractivity contribution is -0.138. The Balaban J connectivity index is 2.18. The minimum absolute atomic E-state index is 0.0292. The summed E-state index contributed by atoms with van der Waals surface area (Å²) in [6.45, 7) is 1.67. The van der Waals surface area contributed by atoms with E-state index in [1.54, 1.807) is 24.4 Å². The van der Waals surface area contributed by atoms with Crippen LogP contribution < -0.4 is 4.72 Å². The average Bonchev–Trinajstić information content (AvgIpc) is 2.86. The molecule has 0 saturated carbocycles. The first-order valence-corrected chi connectivity index (χ1v) is 8.31. The predicted octanol–water partition coefficient (Wildman–Crippen LogP) is 0.821. The number of aromatic nitrogens is 2. The molecule has 0 aliphatic rings. The van der Waals surface area contributed by atoms with Crippen LogP contribution in [0.1, 0.15) is 11.3 Å². The van der Waals surface area contributed by atoms with Crippen molar-refractivity contribution in [3.63, 3.8) is 0 Å². The molecule has 9 heteroatoms. The van der Waals surface area contributed by atoms with Crippen LogP contribution in [0.3, 0.4) is 0 Å². The third-order valence-corrected chi connectivity index (χ3v) is 5.46. The monoisotopic (exact) mass is 327 g/mol. The molecule has 2 heterocycles. The van der Waals surface area contributed by atoms with Crippen molar-refractivity contribution >= 4 is 27.3 Å². The van der Waals surface area contributed by atoms with Gasteiger partial charge in [0, 0.05) is 23.5 Å². The minimum atomic E-state index is -3.94. The van der Waals surface area contributed by atoms with E-state index in [2.05, 4.69) is 14.7 Å². The van der Waals surface area contributed by atoms with Crippen LogP contribution in [0.4, 0.5) is 0 Å². The summed E-state index contributed by atoms with van der Waals surface area (Å²) in [4.78, 5) is 19.0. The maximum Gasteiger partial charge on any atom is 0.322 e. The molecule has 0 amide bonds. The first-order valence-electron chi connectivity index (χ1n) is 5.94. The number of thiazole rings is 1. The maximum atomic E-state index is 12.1. The zero-order chi connectivity index (χ0) is 15.5. The van der Waals surface area contributed by atoms with E-state index in [0.29, 0.717) is 11.3 Å². The number of sulfonamides is 1. The van der Waals surface area contributed by atoms with Gasteiger partial charge in [-0.2, -0.15) is 4.72 Å². The third kappa shape index (κ3) is 4.06. The summed E-state index contributed by atoms with van der Waals surface area (Å²) in [6.07, 6.45) is 3.07. The van der Waals surface area contributed by atoms with Crippen molar-refractivity contribution in [2.45, 2.75) is 23.7 Å². The van der Waals surface area contributed by atoms with Crippen molar-refractivity contribution in [2.75, 3.05) is 0 Å². The zero-order valence-electron chi connectivity index (χ0n) is 11.1. The number of pyridine rings is 1. The Hall–Kier alpha value is -1.84. The van der Waals surface area contributed by atoms with E-state index in [1.807, 2.05) is 0 Å². The van der Waals surface area contributed by atoms with Crippen LogP contribution in [0.25, 0.3) is 0 Å². The fourth-order valence-corrected chi connectivity index (χ4v) is 3.87. The lowest BCUT2D eigenvalue weighted by Crippen LogP contribution is -2.42. The molecule has 0 aromatic carbocycles. The van der Waals surface area contributed by atoms with Gasteiger partial charge in [0.1, 0.15) is 6.04 Å². The number of carbonyl (C=O) groups is 1. The number of carboxylic acids is 1. The average molecular weight is 327 g/mol. The molecule has 0 fully saturated rings. The summed E-state index contributed by atoms with van der Waals surface area (Å²) in [6, 6.07) is 2.01. The zero-order valence-corrected chi connectivity index (χ0v) is 12.7. The Labute approximate surface area is 125 Å². The fraction of sp³-hybridized carbons (Fsp3) is 0.250. The topological polar surface area (TPSA) is 109 Å². The van der Waals surface area contributed by atoms with Crippen LogP contribution in [-0.4, -0.2) is 35.5 Å². The Bertz CT molecular complexity index is 728. The van der Waals surface area contributed by atoms with Crippen LogP contribution in [0.15, 0.2) is 34.2 Å². The van der Waals surface area contributed by atoms with Crippen molar-refractivity contribution in [1.29, 1.82) is 0 Å². The molecule has 2 aromatic heterocycles. The largest absolute Gasteiger partial charge is 0.480 e. The molecule has 1 unspecified atom stereocenters. The Morgan fingerprint density at radius 1 is 1.43 bits per heavy atom. The highest BCUT2D eigenvalue weighted by atomic mass is 32.2. The van der Waals surface area contributed by atoms with Gasteiger partial charge in [0.25, 0.3) is 10.0 Å². The van der Waals surface area contributed by atoms with E-state index >= 15 is 0 Å². The first-order chi connectivity index (χ1) is 9.88. The Morgan fingerprint density at radius 3 is 2.62 bits per heavy atom. The highest BCUT2D eigenvalue weighted by Gasteiger charge is 2.27. The van der Waals surface area contributed by atoms with Crippen LogP contribution in [0.2, 0.25) is 0 Å². The Kier molecular flexibility index (Phi) is 4.66. The summed E-state index contributed by atoms with van der Waals surface area (Å²) in [5.74, 6) is -1.25. The standard InChI is InChI=1S/C12H13N3O4S2/c1-8-7-20-12(14-8)21(18,19)15-10(11(16)17)6-9-2-4-13-5-3-9/h2-5,7,10,15H,6H2,1H3,(H,16,17). The van der Waals surface area contributed by atoms with Crippen molar-refractivity contribution in [1.82, 2.24) is 14.7 Å². The molecule has 0 aliphatic heterocycles. The second-order valence-corrected chi connectivity index (χ2v) is 7.07. The molecule has 0 radical (unpaired) electrons. The molecule has 0 saturated heterocycles. The SMILES string of the molecule is Cc1csc(S(=O)(=O)NC(Cc2ccncc2)C(=O)O)n1. The number of carboxylic acid groups (broad SMARTS) is 1. The third-order valence-electron chi connectivity index (χ3n) is 2.61. The second kappa shape index (κ2) is 6.29. The number of hydrogen-bond acceptors (Lipinski definition) is 6. The van der Waals surface area contributed by atoms with Crippen LogP contribution in [-0.2, 0) is 21.2 Å². The molecular weight excluding hydrogens is 314 g/mol. The van der Waals surface area contributed by atoms with Gasteiger partial charge in [-0.25, -0.2) is 13.4 Å². The highest BCUT2D eigenvalue weighted by Crippen LogP contribution is 2.16. The van der Waals surface area contributed by atoms with Crippen LogP contribution in [0.5, 0.6) is 0 Å². The summed E-state index contributed by atoms with van der Waals surface area (Å²) in [7, 11) is -3.94. The molecular formula is C12H13N3O4S2.